The fraction of sp³-hybridized carbons (Fsp3) is 0.727. The van der Waals surface area contributed by atoms with E-state index in [4.69, 9.17) is 4.74 Å². The Balaban J connectivity index is 1.57. The van der Waals surface area contributed by atoms with Gasteiger partial charge in [-0.3, -0.25) is 0 Å². The van der Waals surface area contributed by atoms with Gasteiger partial charge in [-0.2, -0.15) is 0 Å². The summed E-state index contributed by atoms with van der Waals surface area (Å²) in [7, 11) is 1.46. The van der Waals surface area contributed by atoms with Crippen LogP contribution in [-0.2, 0) is 11.3 Å². The Morgan fingerprint density at radius 2 is 1.40 bits per heavy atom. The van der Waals surface area contributed by atoms with E-state index in [9.17, 15) is 8.78 Å². The summed E-state index contributed by atoms with van der Waals surface area (Å²) in [6.45, 7) is 2.30. The van der Waals surface area contributed by atoms with Crippen molar-refractivity contribution >= 4 is 0 Å². The molecule has 0 unspecified atom stereocenters. The minimum atomic E-state index is -0.461. The number of rotatable bonds is 5. The van der Waals surface area contributed by atoms with E-state index in [1.165, 1.54) is 64.2 Å². The average Bonchev–Trinajstić information content (AvgIpc) is 2.65. The maximum atomic E-state index is 14.2. The summed E-state index contributed by atoms with van der Waals surface area (Å²) in [5, 5.41) is 0. The number of ether oxygens (including phenoxy) is 1. The number of benzene rings is 1. The van der Waals surface area contributed by atoms with Gasteiger partial charge in [0.25, 0.3) is 0 Å². The van der Waals surface area contributed by atoms with Crippen LogP contribution in [0.2, 0.25) is 0 Å². The van der Waals surface area contributed by atoms with E-state index in [1.807, 2.05) is 0 Å². The van der Waals surface area contributed by atoms with Gasteiger partial charge in [0.05, 0.1) is 6.61 Å². The first-order valence-electron chi connectivity index (χ1n) is 10.1. The van der Waals surface area contributed by atoms with Gasteiger partial charge in [-0.25, -0.2) is 8.78 Å². The van der Waals surface area contributed by atoms with Gasteiger partial charge in [0.2, 0.25) is 0 Å². The second-order valence-corrected chi connectivity index (χ2v) is 8.20. The van der Waals surface area contributed by atoms with Gasteiger partial charge in [-0.15, -0.1) is 0 Å². The quantitative estimate of drug-likeness (QED) is 0.581. The number of hydrogen-bond acceptors (Lipinski definition) is 1. The number of methoxy groups -OCH3 is 1. The van der Waals surface area contributed by atoms with Crippen LogP contribution in [0.4, 0.5) is 8.78 Å². The SMILES string of the molecule is CCC1CCC(C2CCC(c3cc(F)c(COC)c(F)c3)CC2)CC1. The highest BCUT2D eigenvalue weighted by Gasteiger charge is 2.31. The van der Waals surface area contributed by atoms with Crippen molar-refractivity contribution in [2.75, 3.05) is 7.11 Å². The molecule has 0 N–H and O–H groups in total. The van der Waals surface area contributed by atoms with E-state index in [-0.39, 0.29) is 12.2 Å². The van der Waals surface area contributed by atoms with Crippen LogP contribution in [0.15, 0.2) is 12.1 Å². The summed E-state index contributed by atoms with van der Waals surface area (Å²) < 4.78 is 33.2. The molecule has 0 saturated heterocycles. The van der Waals surface area contributed by atoms with E-state index in [0.29, 0.717) is 5.92 Å². The van der Waals surface area contributed by atoms with E-state index in [0.717, 1.165) is 36.2 Å². The Bertz CT molecular complexity index is 532. The summed E-state index contributed by atoms with van der Waals surface area (Å²) in [6.07, 6.45) is 11.5. The second-order valence-electron chi connectivity index (χ2n) is 8.20. The monoisotopic (exact) mass is 350 g/mol. The van der Waals surface area contributed by atoms with Gasteiger partial charge in [0.1, 0.15) is 11.6 Å². The summed E-state index contributed by atoms with van der Waals surface area (Å²) in [4.78, 5) is 0. The van der Waals surface area contributed by atoms with Crippen molar-refractivity contribution in [1.82, 2.24) is 0 Å². The highest BCUT2D eigenvalue weighted by Crippen LogP contribution is 2.44. The molecule has 0 aromatic heterocycles. The van der Waals surface area contributed by atoms with E-state index in [1.54, 1.807) is 0 Å². The lowest BCUT2D eigenvalue weighted by molar-refractivity contribution is 0.158. The molecule has 0 amide bonds. The Labute approximate surface area is 151 Å². The maximum absolute atomic E-state index is 14.2. The third-order valence-corrected chi connectivity index (χ3v) is 6.83. The fourth-order valence-electron chi connectivity index (χ4n) is 5.13. The van der Waals surface area contributed by atoms with Crippen molar-refractivity contribution in [3.63, 3.8) is 0 Å². The third kappa shape index (κ3) is 4.42. The molecule has 1 aromatic carbocycles. The predicted molar refractivity (Wildman–Crippen MR) is 97.5 cm³/mol. The first-order valence-corrected chi connectivity index (χ1v) is 10.1. The predicted octanol–water partition coefficient (Wildman–Crippen LogP) is 6.60. The van der Waals surface area contributed by atoms with Gasteiger partial charge in [0, 0.05) is 12.7 Å². The zero-order valence-electron chi connectivity index (χ0n) is 15.7. The van der Waals surface area contributed by atoms with Crippen molar-refractivity contribution in [2.24, 2.45) is 17.8 Å². The Morgan fingerprint density at radius 3 is 1.88 bits per heavy atom. The maximum Gasteiger partial charge on any atom is 0.131 e. The highest BCUT2D eigenvalue weighted by molar-refractivity contribution is 5.28. The van der Waals surface area contributed by atoms with Gasteiger partial charge in [0.15, 0.2) is 0 Å². The molecule has 2 fully saturated rings. The third-order valence-electron chi connectivity index (χ3n) is 6.83. The molecule has 0 bridgehead atoms. The fourth-order valence-corrected chi connectivity index (χ4v) is 5.13. The molecule has 3 heteroatoms. The van der Waals surface area contributed by atoms with Crippen molar-refractivity contribution < 1.29 is 13.5 Å². The van der Waals surface area contributed by atoms with Gasteiger partial charge in [-0.05, 0) is 79.9 Å². The van der Waals surface area contributed by atoms with Crippen molar-refractivity contribution in [3.8, 4) is 0 Å². The standard InChI is InChI=1S/C22H32F2O/c1-3-15-4-6-16(7-5-15)17-8-10-18(11-9-17)19-12-21(23)20(14-25-2)22(24)13-19/h12-13,15-18H,3-11,14H2,1-2H3. The van der Waals surface area contributed by atoms with Gasteiger partial charge in [-0.1, -0.05) is 26.2 Å². The Hall–Kier alpha value is -0.960. The van der Waals surface area contributed by atoms with Crippen molar-refractivity contribution in [2.45, 2.75) is 77.2 Å². The van der Waals surface area contributed by atoms with Crippen LogP contribution in [0.3, 0.4) is 0 Å². The second kappa shape index (κ2) is 8.62. The topological polar surface area (TPSA) is 9.23 Å². The first kappa shape index (κ1) is 18.8. The minimum absolute atomic E-state index is 0.00881. The molecule has 0 radical (unpaired) electrons. The number of hydrogen-bond donors (Lipinski definition) is 0. The molecule has 1 nitrogen and oxygen atoms in total. The summed E-state index contributed by atoms with van der Waals surface area (Å²) >= 11 is 0. The molecule has 140 valence electrons. The largest absolute Gasteiger partial charge is 0.380 e. The lowest BCUT2D eigenvalue weighted by Crippen LogP contribution is -2.25. The number of halogens is 2. The van der Waals surface area contributed by atoms with Gasteiger partial charge >= 0.3 is 0 Å². The lowest BCUT2D eigenvalue weighted by atomic mass is 9.68. The smallest absolute Gasteiger partial charge is 0.131 e. The Kier molecular flexibility index (Phi) is 6.49. The van der Waals surface area contributed by atoms with E-state index in [2.05, 4.69) is 6.92 Å². The minimum Gasteiger partial charge on any atom is -0.380 e. The van der Waals surface area contributed by atoms with E-state index >= 15 is 0 Å². The summed E-state index contributed by atoms with van der Waals surface area (Å²) in [5.74, 6) is 2.06. The molecule has 3 rings (SSSR count). The molecule has 0 spiro atoms. The molecular weight excluding hydrogens is 318 g/mol. The normalized spacial score (nSPS) is 30.4. The van der Waals surface area contributed by atoms with Crippen molar-refractivity contribution in [1.29, 1.82) is 0 Å². The molecular formula is C22H32F2O. The lowest BCUT2D eigenvalue weighted by Gasteiger charge is -2.38. The zero-order chi connectivity index (χ0) is 17.8. The van der Waals surface area contributed by atoms with Crippen LogP contribution in [0.5, 0.6) is 0 Å². The highest BCUT2D eigenvalue weighted by atomic mass is 19.1. The first-order chi connectivity index (χ1) is 12.1. The van der Waals surface area contributed by atoms with Gasteiger partial charge < -0.3 is 4.74 Å². The molecule has 2 aliphatic rings. The van der Waals surface area contributed by atoms with Crippen LogP contribution in [0.1, 0.15) is 81.8 Å². The van der Waals surface area contributed by atoms with Crippen molar-refractivity contribution in [3.05, 3.63) is 34.9 Å². The van der Waals surface area contributed by atoms with Crippen LogP contribution in [-0.4, -0.2) is 7.11 Å². The molecule has 25 heavy (non-hydrogen) atoms. The molecule has 2 aliphatic carbocycles. The summed E-state index contributed by atoms with van der Waals surface area (Å²) in [6, 6.07) is 3.07. The molecule has 0 atom stereocenters. The average molecular weight is 350 g/mol. The van der Waals surface area contributed by atoms with Crippen LogP contribution in [0.25, 0.3) is 0 Å². The van der Waals surface area contributed by atoms with E-state index < -0.39 is 11.6 Å². The van der Waals surface area contributed by atoms with Crippen LogP contribution >= 0.6 is 0 Å². The molecule has 1 aromatic rings. The molecule has 2 saturated carbocycles. The van der Waals surface area contributed by atoms with Crippen LogP contribution in [0, 0.1) is 29.4 Å². The van der Waals surface area contributed by atoms with Crippen LogP contribution < -0.4 is 0 Å². The Morgan fingerprint density at radius 1 is 0.880 bits per heavy atom. The zero-order valence-corrected chi connectivity index (χ0v) is 15.7. The molecule has 0 heterocycles. The summed E-state index contributed by atoms with van der Waals surface area (Å²) in [5.41, 5.74) is 0.885. The molecule has 0 aliphatic heterocycles.